The molecule has 0 saturated carbocycles. The molecular formula is C12H12F3NO4. The highest BCUT2D eigenvalue weighted by molar-refractivity contribution is 5.94. The van der Waals surface area contributed by atoms with Crippen LogP contribution in [0, 0.1) is 0 Å². The van der Waals surface area contributed by atoms with Crippen molar-refractivity contribution in [2.24, 2.45) is 0 Å². The number of nitrogens with zero attached hydrogens (tertiary/aromatic N) is 1. The SMILES string of the molecule is O=C(c1ccc(OC(F)(F)F)cc1)N1C[C@@H](O)[C@@H](O)C1. The fraction of sp³-hybridized carbons (Fsp3) is 0.417. The summed E-state index contributed by atoms with van der Waals surface area (Å²) in [6.45, 7) is -0.0262. The van der Waals surface area contributed by atoms with Gasteiger partial charge >= 0.3 is 6.36 Å². The van der Waals surface area contributed by atoms with Gasteiger partial charge in [0.2, 0.25) is 0 Å². The van der Waals surface area contributed by atoms with Crippen LogP contribution in [0.5, 0.6) is 5.75 Å². The average Bonchev–Trinajstić information content (AvgIpc) is 2.68. The van der Waals surface area contributed by atoms with E-state index in [0.717, 1.165) is 12.1 Å². The van der Waals surface area contributed by atoms with Gasteiger partial charge in [0.1, 0.15) is 5.75 Å². The fourth-order valence-electron chi connectivity index (χ4n) is 1.92. The van der Waals surface area contributed by atoms with Crippen LogP contribution in [-0.4, -0.2) is 52.7 Å². The molecule has 1 aliphatic heterocycles. The lowest BCUT2D eigenvalue weighted by atomic mass is 10.2. The Labute approximate surface area is 112 Å². The van der Waals surface area contributed by atoms with Gasteiger partial charge in [-0.3, -0.25) is 4.79 Å². The molecule has 1 aromatic carbocycles. The molecule has 2 rings (SSSR count). The zero-order valence-corrected chi connectivity index (χ0v) is 10.2. The van der Waals surface area contributed by atoms with Crippen molar-refractivity contribution in [3.63, 3.8) is 0 Å². The molecule has 0 spiro atoms. The van der Waals surface area contributed by atoms with E-state index in [9.17, 15) is 28.2 Å². The number of ether oxygens (including phenoxy) is 1. The minimum absolute atomic E-state index is 0.0131. The standard InChI is InChI=1S/C12H12F3NO4/c13-12(14,15)20-8-3-1-7(2-4-8)11(19)16-5-9(17)10(18)6-16/h1-4,9-10,17-18H,5-6H2/t9-,10+. The number of aliphatic hydroxyl groups is 2. The summed E-state index contributed by atoms with van der Waals surface area (Å²) < 4.78 is 39.6. The van der Waals surface area contributed by atoms with Crippen LogP contribution in [0.15, 0.2) is 24.3 Å². The zero-order valence-electron chi connectivity index (χ0n) is 10.2. The van der Waals surface area contributed by atoms with Crippen molar-refractivity contribution in [1.29, 1.82) is 0 Å². The number of carbonyl (C=O) groups is 1. The van der Waals surface area contributed by atoms with E-state index >= 15 is 0 Å². The Morgan fingerprint density at radius 2 is 1.65 bits per heavy atom. The molecule has 0 aromatic heterocycles. The molecule has 20 heavy (non-hydrogen) atoms. The van der Waals surface area contributed by atoms with Crippen LogP contribution in [0.4, 0.5) is 13.2 Å². The van der Waals surface area contributed by atoms with Gasteiger partial charge in [-0.1, -0.05) is 0 Å². The number of benzene rings is 1. The van der Waals surface area contributed by atoms with Gasteiger partial charge in [-0.25, -0.2) is 0 Å². The minimum atomic E-state index is -4.78. The molecule has 2 N–H and O–H groups in total. The highest BCUT2D eigenvalue weighted by Crippen LogP contribution is 2.23. The molecule has 0 unspecified atom stereocenters. The molecule has 110 valence electrons. The first-order valence-electron chi connectivity index (χ1n) is 5.77. The summed E-state index contributed by atoms with van der Waals surface area (Å²) in [5.74, 6) is -0.894. The van der Waals surface area contributed by atoms with Crippen LogP contribution in [0.25, 0.3) is 0 Å². The van der Waals surface area contributed by atoms with E-state index in [-0.39, 0.29) is 18.7 Å². The van der Waals surface area contributed by atoms with Crippen LogP contribution in [0.3, 0.4) is 0 Å². The third-order valence-corrected chi connectivity index (χ3v) is 2.88. The maximum Gasteiger partial charge on any atom is 0.573 e. The minimum Gasteiger partial charge on any atom is -0.406 e. The van der Waals surface area contributed by atoms with E-state index in [1.54, 1.807) is 0 Å². The Morgan fingerprint density at radius 3 is 2.10 bits per heavy atom. The number of halogens is 3. The molecule has 1 aromatic rings. The lowest BCUT2D eigenvalue weighted by molar-refractivity contribution is -0.274. The van der Waals surface area contributed by atoms with Gasteiger partial charge in [0.15, 0.2) is 0 Å². The van der Waals surface area contributed by atoms with E-state index < -0.39 is 30.2 Å². The largest absolute Gasteiger partial charge is 0.573 e. The van der Waals surface area contributed by atoms with E-state index in [1.165, 1.54) is 17.0 Å². The Kier molecular flexibility index (Phi) is 3.87. The van der Waals surface area contributed by atoms with Crippen LogP contribution in [-0.2, 0) is 0 Å². The number of likely N-dealkylation sites (tertiary alicyclic amines) is 1. The molecule has 2 atom stereocenters. The summed E-state index contributed by atoms with van der Waals surface area (Å²) in [6.07, 6.45) is -6.80. The molecule has 1 heterocycles. The van der Waals surface area contributed by atoms with Crippen molar-refractivity contribution in [2.75, 3.05) is 13.1 Å². The molecule has 1 amide bonds. The summed E-state index contributed by atoms with van der Waals surface area (Å²) in [5.41, 5.74) is 0.154. The molecule has 0 bridgehead atoms. The number of hydrogen-bond donors (Lipinski definition) is 2. The second-order valence-corrected chi connectivity index (χ2v) is 4.42. The predicted molar refractivity (Wildman–Crippen MR) is 61.0 cm³/mol. The fourth-order valence-corrected chi connectivity index (χ4v) is 1.92. The molecule has 5 nitrogen and oxygen atoms in total. The first kappa shape index (κ1) is 14.6. The van der Waals surface area contributed by atoms with E-state index in [0.29, 0.717) is 0 Å². The van der Waals surface area contributed by atoms with Crippen molar-refractivity contribution < 1.29 is 32.9 Å². The van der Waals surface area contributed by atoms with Crippen molar-refractivity contribution in [3.8, 4) is 5.75 Å². The quantitative estimate of drug-likeness (QED) is 0.844. The average molecular weight is 291 g/mol. The Morgan fingerprint density at radius 1 is 1.15 bits per heavy atom. The first-order chi connectivity index (χ1) is 9.26. The molecule has 0 aliphatic carbocycles. The van der Waals surface area contributed by atoms with Crippen molar-refractivity contribution in [3.05, 3.63) is 29.8 Å². The summed E-state index contributed by atoms with van der Waals surface area (Å²) in [7, 11) is 0. The highest BCUT2D eigenvalue weighted by Gasteiger charge is 2.33. The Hall–Kier alpha value is -1.80. The van der Waals surface area contributed by atoms with Gasteiger partial charge in [0.05, 0.1) is 12.2 Å². The summed E-state index contributed by atoms with van der Waals surface area (Å²) in [6, 6.07) is 4.45. The Balaban J connectivity index is 2.05. The van der Waals surface area contributed by atoms with Crippen LogP contribution < -0.4 is 4.74 Å². The van der Waals surface area contributed by atoms with E-state index in [4.69, 9.17) is 0 Å². The van der Waals surface area contributed by atoms with Gasteiger partial charge in [0, 0.05) is 18.7 Å². The van der Waals surface area contributed by atoms with Crippen LogP contribution >= 0.6 is 0 Å². The van der Waals surface area contributed by atoms with Gasteiger partial charge in [-0.05, 0) is 24.3 Å². The smallest absolute Gasteiger partial charge is 0.406 e. The highest BCUT2D eigenvalue weighted by atomic mass is 19.4. The number of rotatable bonds is 2. The Bertz CT molecular complexity index is 478. The van der Waals surface area contributed by atoms with E-state index in [2.05, 4.69) is 4.74 Å². The van der Waals surface area contributed by atoms with Crippen molar-refractivity contribution >= 4 is 5.91 Å². The molecule has 1 saturated heterocycles. The monoisotopic (exact) mass is 291 g/mol. The maximum absolute atomic E-state index is 12.0. The number of amides is 1. The lowest BCUT2D eigenvalue weighted by Gasteiger charge is -2.15. The van der Waals surface area contributed by atoms with Crippen molar-refractivity contribution in [1.82, 2.24) is 4.90 Å². The second-order valence-electron chi connectivity index (χ2n) is 4.42. The normalized spacial score (nSPS) is 22.9. The zero-order chi connectivity index (χ0) is 14.9. The molecule has 0 radical (unpaired) electrons. The van der Waals surface area contributed by atoms with E-state index in [1.807, 2.05) is 0 Å². The molecule has 8 heteroatoms. The molecule has 1 fully saturated rings. The molecule has 1 aliphatic rings. The van der Waals surface area contributed by atoms with Crippen LogP contribution in [0.1, 0.15) is 10.4 Å². The van der Waals surface area contributed by atoms with Crippen molar-refractivity contribution in [2.45, 2.75) is 18.6 Å². The maximum atomic E-state index is 12.0. The summed E-state index contributed by atoms with van der Waals surface area (Å²) in [4.78, 5) is 13.2. The van der Waals surface area contributed by atoms with Crippen LogP contribution in [0.2, 0.25) is 0 Å². The topological polar surface area (TPSA) is 70.0 Å². The number of carbonyl (C=O) groups excluding carboxylic acids is 1. The number of aliphatic hydroxyl groups excluding tert-OH is 2. The lowest BCUT2D eigenvalue weighted by Crippen LogP contribution is -2.29. The number of β-amino-alcohol motifs (C(OH)–C–C–N with tert-alkyl or cyclic N) is 2. The van der Waals surface area contributed by atoms with Gasteiger partial charge in [0.25, 0.3) is 5.91 Å². The first-order valence-corrected chi connectivity index (χ1v) is 5.77. The second kappa shape index (κ2) is 5.29. The van der Waals surface area contributed by atoms with Gasteiger partial charge in [-0.15, -0.1) is 13.2 Å². The molecular weight excluding hydrogens is 279 g/mol. The predicted octanol–water partition coefficient (Wildman–Crippen LogP) is 0.763. The summed E-state index contributed by atoms with van der Waals surface area (Å²) in [5, 5.41) is 18.7. The third-order valence-electron chi connectivity index (χ3n) is 2.88. The summed E-state index contributed by atoms with van der Waals surface area (Å²) >= 11 is 0. The third kappa shape index (κ3) is 3.40. The number of alkyl halides is 3. The van der Waals surface area contributed by atoms with Gasteiger partial charge in [-0.2, -0.15) is 0 Å². The number of hydrogen-bond acceptors (Lipinski definition) is 4. The van der Waals surface area contributed by atoms with Gasteiger partial charge < -0.3 is 19.8 Å².